The van der Waals surface area contributed by atoms with E-state index in [1.807, 2.05) is 29.8 Å². The van der Waals surface area contributed by atoms with Crippen molar-refractivity contribution < 1.29 is 9.47 Å². The van der Waals surface area contributed by atoms with Crippen molar-refractivity contribution in [1.82, 2.24) is 24.6 Å². The average molecular weight is 401 g/mol. The van der Waals surface area contributed by atoms with E-state index in [9.17, 15) is 0 Å². The second-order valence-corrected chi connectivity index (χ2v) is 7.51. The van der Waals surface area contributed by atoms with Gasteiger partial charge in [-0.05, 0) is 36.6 Å². The SMILES string of the molecule is COCc1cc(-c2cnc(CCc3cccc4c3CCO4)n3cnnc23)cnc1C. The van der Waals surface area contributed by atoms with E-state index in [2.05, 4.69) is 33.4 Å². The molecule has 7 heteroatoms. The van der Waals surface area contributed by atoms with Gasteiger partial charge in [0, 0.05) is 54.7 Å². The van der Waals surface area contributed by atoms with Gasteiger partial charge in [-0.2, -0.15) is 0 Å². The van der Waals surface area contributed by atoms with Crippen molar-refractivity contribution in [3.05, 3.63) is 71.2 Å². The lowest BCUT2D eigenvalue weighted by molar-refractivity contribution is 0.184. The van der Waals surface area contributed by atoms with Gasteiger partial charge in [0.15, 0.2) is 5.65 Å². The van der Waals surface area contributed by atoms with Crippen molar-refractivity contribution in [2.75, 3.05) is 13.7 Å². The van der Waals surface area contributed by atoms with Crippen LogP contribution >= 0.6 is 0 Å². The molecule has 3 aromatic heterocycles. The zero-order valence-corrected chi connectivity index (χ0v) is 17.1. The van der Waals surface area contributed by atoms with Crippen LogP contribution in [-0.4, -0.2) is 38.3 Å². The van der Waals surface area contributed by atoms with Crippen molar-refractivity contribution in [3.8, 4) is 16.9 Å². The van der Waals surface area contributed by atoms with Crippen LogP contribution in [0.5, 0.6) is 5.75 Å². The maximum atomic E-state index is 5.69. The number of aromatic nitrogens is 5. The second kappa shape index (κ2) is 7.84. The summed E-state index contributed by atoms with van der Waals surface area (Å²) >= 11 is 0. The highest BCUT2D eigenvalue weighted by atomic mass is 16.5. The molecule has 0 fully saturated rings. The van der Waals surface area contributed by atoms with Gasteiger partial charge in [0.2, 0.25) is 0 Å². The van der Waals surface area contributed by atoms with Crippen molar-refractivity contribution in [2.24, 2.45) is 0 Å². The molecule has 4 heterocycles. The summed E-state index contributed by atoms with van der Waals surface area (Å²) < 4.78 is 13.0. The molecule has 0 amide bonds. The minimum absolute atomic E-state index is 0.520. The number of fused-ring (bicyclic) bond motifs is 2. The highest BCUT2D eigenvalue weighted by Gasteiger charge is 2.17. The van der Waals surface area contributed by atoms with Crippen molar-refractivity contribution in [2.45, 2.75) is 32.8 Å². The second-order valence-electron chi connectivity index (χ2n) is 7.51. The van der Waals surface area contributed by atoms with Crippen LogP contribution < -0.4 is 4.74 Å². The van der Waals surface area contributed by atoms with E-state index in [1.54, 1.807) is 13.4 Å². The molecule has 1 aliphatic heterocycles. The van der Waals surface area contributed by atoms with Gasteiger partial charge >= 0.3 is 0 Å². The smallest absolute Gasteiger partial charge is 0.171 e. The first-order chi connectivity index (χ1) is 14.7. The standard InChI is InChI=1S/C23H23N5O2/c1-15-18(13-29-2)10-17(11-24-15)20-12-25-22(28-14-26-27-23(20)28)7-6-16-4-3-5-21-19(16)8-9-30-21/h3-5,10-12,14H,6-9,13H2,1-2H3. The van der Waals surface area contributed by atoms with Crippen LogP contribution in [-0.2, 0) is 30.6 Å². The molecule has 0 radical (unpaired) electrons. The van der Waals surface area contributed by atoms with Crippen molar-refractivity contribution in [1.29, 1.82) is 0 Å². The summed E-state index contributed by atoms with van der Waals surface area (Å²) in [5.74, 6) is 1.96. The third kappa shape index (κ3) is 3.31. The molecule has 0 N–H and O–H groups in total. The molecule has 0 saturated carbocycles. The van der Waals surface area contributed by atoms with Gasteiger partial charge in [-0.25, -0.2) is 4.98 Å². The largest absolute Gasteiger partial charge is 0.493 e. The normalized spacial score (nSPS) is 12.9. The first-order valence-corrected chi connectivity index (χ1v) is 10.1. The zero-order valence-electron chi connectivity index (χ0n) is 17.1. The minimum atomic E-state index is 0.520. The fourth-order valence-corrected chi connectivity index (χ4v) is 4.06. The highest BCUT2D eigenvalue weighted by Crippen LogP contribution is 2.29. The van der Waals surface area contributed by atoms with Crippen LogP contribution in [0.1, 0.15) is 28.2 Å². The predicted molar refractivity (Wildman–Crippen MR) is 113 cm³/mol. The Hall–Kier alpha value is -3.32. The van der Waals surface area contributed by atoms with E-state index in [0.29, 0.717) is 6.61 Å². The van der Waals surface area contributed by atoms with Gasteiger partial charge < -0.3 is 9.47 Å². The summed E-state index contributed by atoms with van der Waals surface area (Å²) in [6.07, 6.45) is 8.14. The summed E-state index contributed by atoms with van der Waals surface area (Å²) in [5.41, 5.74) is 7.32. The van der Waals surface area contributed by atoms with Gasteiger partial charge in [-0.1, -0.05) is 12.1 Å². The van der Waals surface area contributed by atoms with E-state index in [4.69, 9.17) is 14.5 Å². The van der Waals surface area contributed by atoms with Crippen LogP contribution in [0.15, 0.2) is 43.0 Å². The summed E-state index contributed by atoms with van der Waals surface area (Å²) in [6, 6.07) is 8.38. The summed E-state index contributed by atoms with van der Waals surface area (Å²) in [5, 5.41) is 8.51. The van der Waals surface area contributed by atoms with Crippen LogP contribution in [0.25, 0.3) is 16.8 Å². The lowest BCUT2D eigenvalue weighted by Crippen LogP contribution is -2.05. The monoisotopic (exact) mass is 401 g/mol. The number of rotatable bonds is 6. The third-order valence-corrected chi connectivity index (χ3v) is 5.67. The topological polar surface area (TPSA) is 74.4 Å². The number of pyridine rings is 1. The van der Waals surface area contributed by atoms with Crippen LogP contribution in [0, 0.1) is 6.92 Å². The van der Waals surface area contributed by atoms with Crippen molar-refractivity contribution >= 4 is 5.65 Å². The highest BCUT2D eigenvalue weighted by molar-refractivity contribution is 5.76. The molecule has 1 aliphatic rings. The molecule has 0 aliphatic carbocycles. The number of aryl methyl sites for hydroxylation is 3. The maximum Gasteiger partial charge on any atom is 0.171 e. The zero-order chi connectivity index (χ0) is 20.5. The molecule has 152 valence electrons. The lowest BCUT2D eigenvalue weighted by Gasteiger charge is -2.11. The fourth-order valence-electron chi connectivity index (χ4n) is 4.06. The molecule has 4 aromatic rings. The van der Waals surface area contributed by atoms with Gasteiger partial charge in [0.1, 0.15) is 17.9 Å². The molecular formula is C23H23N5O2. The number of hydrogen-bond donors (Lipinski definition) is 0. The van der Waals surface area contributed by atoms with Crippen LogP contribution in [0.2, 0.25) is 0 Å². The molecule has 0 unspecified atom stereocenters. The van der Waals surface area contributed by atoms with E-state index >= 15 is 0 Å². The molecule has 7 nitrogen and oxygen atoms in total. The predicted octanol–water partition coefficient (Wildman–Crippen LogP) is 3.36. The first-order valence-electron chi connectivity index (χ1n) is 10.1. The number of benzene rings is 1. The van der Waals surface area contributed by atoms with Crippen molar-refractivity contribution in [3.63, 3.8) is 0 Å². The number of hydrogen-bond acceptors (Lipinski definition) is 6. The fraction of sp³-hybridized carbons (Fsp3) is 0.304. The number of ether oxygens (including phenoxy) is 2. The Balaban J connectivity index is 1.46. The van der Waals surface area contributed by atoms with Gasteiger partial charge in [-0.3, -0.25) is 9.38 Å². The molecule has 0 atom stereocenters. The van der Waals surface area contributed by atoms with Crippen LogP contribution in [0.3, 0.4) is 0 Å². The average Bonchev–Trinajstić information content (AvgIpc) is 3.44. The maximum absolute atomic E-state index is 5.69. The molecular weight excluding hydrogens is 378 g/mol. The van der Waals surface area contributed by atoms with E-state index in [0.717, 1.165) is 65.5 Å². The van der Waals surface area contributed by atoms with E-state index in [-0.39, 0.29) is 0 Å². The molecule has 0 saturated heterocycles. The number of nitrogens with zero attached hydrogens (tertiary/aromatic N) is 5. The minimum Gasteiger partial charge on any atom is -0.493 e. The van der Waals surface area contributed by atoms with Gasteiger partial charge in [-0.15, -0.1) is 10.2 Å². The Morgan fingerprint density at radius 3 is 2.97 bits per heavy atom. The summed E-state index contributed by atoms with van der Waals surface area (Å²) in [4.78, 5) is 9.27. The first kappa shape index (κ1) is 18.7. The number of methoxy groups -OCH3 is 1. The van der Waals surface area contributed by atoms with E-state index < -0.39 is 0 Å². The summed E-state index contributed by atoms with van der Waals surface area (Å²) in [7, 11) is 1.69. The van der Waals surface area contributed by atoms with Gasteiger partial charge in [0.25, 0.3) is 0 Å². The summed E-state index contributed by atoms with van der Waals surface area (Å²) in [6.45, 7) is 3.27. The molecule has 0 bridgehead atoms. The van der Waals surface area contributed by atoms with Crippen LogP contribution in [0.4, 0.5) is 0 Å². The Morgan fingerprint density at radius 2 is 2.07 bits per heavy atom. The molecule has 0 spiro atoms. The van der Waals surface area contributed by atoms with Gasteiger partial charge in [0.05, 0.1) is 13.2 Å². The molecule has 30 heavy (non-hydrogen) atoms. The quantitative estimate of drug-likeness (QED) is 0.493. The Kier molecular flexibility index (Phi) is 4.88. The molecule has 1 aromatic carbocycles. The lowest BCUT2D eigenvalue weighted by atomic mass is 10.0. The molecule has 5 rings (SSSR count). The Morgan fingerprint density at radius 1 is 1.13 bits per heavy atom. The van der Waals surface area contributed by atoms with E-state index in [1.165, 1.54) is 11.1 Å². The third-order valence-electron chi connectivity index (χ3n) is 5.67. The Labute approximate surface area is 174 Å². The Bertz CT molecular complexity index is 1220.